The van der Waals surface area contributed by atoms with E-state index in [1.54, 1.807) is 24.3 Å². The number of benzene rings is 2. The van der Waals surface area contributed by atoms with Crippen molar-refractivity contribution >= 4 is 23.4 Å². The summed E-state index contributed by atoms with van der Waals surface area (Å²) in [4.78, 5) is 24.2. The molecule has 0 aliphatic rings. The monoisotopic (exact) mass is 396 g/mol. The minimum Gasteiger partial charge on any atom is -0.273 e. The molecular weight excluding hydrogens is 376 g/mol. The molecule has 2 aromatic carbocycles. The van der Waals surface area contributed by atoms with Gasteiger partial charge < -0.3 is 0 Å². The molecule has 0 radical (unpaired) electrons. The molecule has 0 aliphatic carbocycles. The molecule has 3 aromatic rings. The van der Waals surface area contributed by atoms with Gasteiger partial charge in [0.05, 0.1) is 11.4 Å². The Bertz CT molecular complexity index is 982. The van der Waals surface area contributed by atoms with E-state index in [9.17, 15) is 9.59 Å². The van der Waals surface area contributed by atoms with Gasteiger partial charge in [-0.15, -0.1) is 0 Å². The maximum absolute atomic E-state index is 12.1. The highest BCUT2D eigenvalue weighted by atomic mass is 35.5. The van der Waals surface area contributed by atoms with Gasteiger partial charge in [0.2, 0.25) is 5.91 Å². The fraction of sp³-hybridized carbons (Fsp3) is 0.190. The van der Waals surface area contributed by atoms with Crippen molar-refractivity contribution in [1.29, 1.82) is 0 Å². The predicted octanol–water partition coefficient (Wildman–Crippen LogP) is 3.54. The number of hydrazine groups is 1. The number of aromatic nitrogens is 2. The average Bonchev–Trinajstić information content (AvgIpc) is 2.99. The molecule has 7 heteroatoms. The smallest absolute Gasteiger partial charge is 0.269 e. The summed E-state index contributed by atoms with van der Waals surface area (Å²) in [6, 6.07) is 16.3. The maximum Gasteiger partial charge on any atom is 0.269 e. The number of amides is 2. The summed E-state index contributed by atoms with van der Waals surface area (Å²) in [7, 11) is 0. The highest BCUT2D eigenvalue weighted by Crippen LogP contribution is 2.19. The van der Waals surface area contributed by atoms with E-state index >= 15 is 0 Å². The number of nitrogens with one attached hydrogen (secondary N) is 2. The molecule has 28 heavy (non-hydrogen) atoms. The number of para-hydroxylation sites is 1. The van der Waals surface area contributed by atoms with Crippen LogP contribution in [0.15, 0.2) is 54.6 Å². The van der Waals surface area contributed by atoms with Crippen LogP contribution in [-0.2, 0) is 11.2 Å². The molecular formula is C21H21ClN4O2. The first-order chi connectivity index (χ1) is 13.5. The Kier molecular flexibility index (Phi) is 6.11. The zero-order chi connectivity index (χ0) is 20.1. The van der Waals surface area contributed by atoms with Crippen LogP contribution in [0.2, 0.25) is 5.02 Å². The number of carbonyl (C=O) groups is 2. The number of carbonyl (C=O) groups excluding carboxylic acids is 2. The lowest BCUT2D eigenvalue weighted by Crippen LogP contribution is -2.41. The van der Waals surface area contributed by atoms with Crippen molar-refractivity contribution in [2.45, 2.75) is 26.7 Å². The lowest BCUT2D eigenvalue weighted by molar-refractivity contribution is -0.121. The minimum atomic E-state index is -0.394. The van der Waals surface area contributed by atoms with Gasteiger partial charge in [0, 0.05) is 22.7 Å². The molecule has 2 N–H and O–H groups in total. The van der Waals surface area contributed by atoms with Crippen molar-refractivity contribution in [3.05, 3.63) is 82.1 Å². The van der Waals surface area contributed by atoms with E-state index in [-0.39, 0.29) is 12.3 Å². The predicted molar refractivity (Wildman–Crippen MR) is 108 cm³/mol. The second-order valence-electron chi connectivity index (χ2n) is 6.41. The van der Waals surface area contributed by atoms with Crippen molar-refractivity contribution in [2.75, 3.05) is 0 Å². The summed E-state index contributed by atoms with van der Waals surface area (Å²) in [5, 5.41) is 5.13. The summed E-state index contributed by atoms with van der Waals surface area (Å²) in [6.07, 6.45) is 0.774. The summed E-state index contributed by atoms with van der Waals surface area (Å²) in [5.74, 6) is -0.664. The van der Waals surface area contributed by atoms with E-state index in [4.69, 9.17) is 11.6 Å². The normalized spacial score (nSPS) is 10.5. The zero-order valence-electron chi connectivity index (χ0n) is 15.7. The lowest BCUT2D eigenvalue weighted by Gasteiger charge is -2.08. The SMILES string of the molecule is Cc1nn(-c2ccccc2)c(C)c1CCC(=O)NNC(=O)c1ccc(Cl)cc1. The van der Waals surface area contributed by atoms with Crippen LogP contribution in [-0.4, -0.2) is 21.6 Å². The second-order valence-corrected chi connectivity index (χ2v) is 6.84. The lowest BCUT2D eigenvalue weighted by atomic mass is 10.1. The molecule has 0 bridgehead atoms. The first kappa shape index (κ1) is 19.6. The molecule has 2 amide bonds. The Morgan fingerprint density at radius 2 is 1.68 bits per heavy atom. The van der Waals surface area contributed by atoms with Crippen molar-refractivity contribution in [3.8, 4) is 5.69 Å². The third-order valence-corrected chi connectivity index (χ3v) is 4.72. The molecule has 0 saturated carbocycles. The Hall–Kier alpha value is -3.12. The van der Waals surface area contributed by atoms with Crippen LogP contribution in [0.5, 0.6) is 0 Å². The molecule has 0 aliphatic heterocycles. The van der Waals surface area contributed by atoms with E-state index in [1.807, 2.05) is 48.9 Å². The van der Waals surface area contributed by atoms with Crippen LogP contribution in [0.4, 0.5) is 0 Å². The number of aryl methyl sites for hydroxylation is 1. The maximum atomic E-state index is 12.1. The topological polar surface area (TPSA) is 76.0 Å². The van der Waals surface area contributed by atoms with Crippen molar-refractivity contribution < 1.29 is 9.59 Å². The van der Waals surface area contributed by atoms with Gasteiger partial charge in [-0.1, -0.05) is 29.8 Å². The van der Waals surface area contributed by atoms with E-state index in [0.29, 0.717) is 17.0 Å². The third-order valence-electron chi connectivity index (χ3n) is 4.47. The quantitative estimate of drug-likeness (QED) is 0.648. The third kappa shape index (κ3) is 4.58. The molecule has 6 nitrogen and oxygen atoms in total. The highest BCUT2D eigenvalue weighted by Gasteiger charge is 2.14. The minimum absolute atomic E-state index is 0.239. The fourth-order valence-electron chi connectivity index (χ4n) is 2.96. The van der Waals surface area contributed by atoms with Gasteiger partial charge in [-0.3, -0.25) is 20.4 Å². The number of hydrogen-bond donors (Lipinski definition) is 2. The summed E-state index contributed by atoms with van der Waals surface area (Å²) in [6.45, 7) is 3.92. The molecule has 144 valence electrons. The first-order valence-electron chi connectivity index (χ1n) is 8.91. The van der Waals surface area contributed by atoms with Crippen LogP contribution in [0.25, 0.3) is 5.69 Å². The number of rotatable bonds is 5. The second kappa shape index (κ2) is 8.71. The summed E-state index contributed by atoms with van der Waals surface area (Å²) < 4.78 is 1.88. The van der Waals surface area contributed by atoms with Crippen LogP contribution in [0.3, 0.4) is 0 Å². The molecule has 0 fully saturated rings. The average molecular weight is 397 g/mol. The Morgan fingerprint density at radius 1 is 1.00 bits per heavy atom. The molecule has 1 heterocycles. The van der Waals surface area contributed by atoms with Crippen LogP contribution in [0, 0.1) is 13.8 Å². The number of hydrogen-bond acceptors (Lipinski definition) is 3. The molecule has 1 aromatic heterocycles. The molecule has 0 saturated heterocycles. The molecule has 0 unspecified atom stereocenters. The summed E-state index contributed by atoms with van der Waals surface area (Å²) >= 11 is 5.80. The highest BCUT2D eigenvalue weighted by molar-refractivity contribution is 6.30. The van der Waals surface area contributed by atoms with Crippen molar-refractivity contribution in [3.63, 3.8) is 0 Å². The zero-order valence-corrected chi connectivity index (χ0v) is 16.5. The van der Waals surface area contributed by atoms with E-state index in [2.05, 4.69) is 16.0 Å². The fourth-order valence-corrected chi connectivity index (χ4v) is 3.08. The van der Waals surface area contributed by atoms with Crippen molar-refractivity contribution in [2.24, 2.45) is 0 Å². The van der Waals surface area contributed by atoms with Gasteiger partial charge in [0.25, 0.3) is 5.91 Å². The van der Waals surface area contributed by atoms with Gasteiger partial charge in [0.1, 0.15) is 0 Å². The van der Waals surface area contributed by atoms with Gasteiger partial charge >= 0.3 is 0 Å². The molecule has 0 spiro atoms. The van der Waals surface area contributed by atoms with E-state index in [0.717, 1.165) is 22.6 Å². The van der Waals surface area contributed by atoms with Gasteiger partial charge in [0.15, 0.2) is 0 Å². The molecule has 3 rings (SSSR count). The van der Waals surface area contributed by atoms with Crippen molar-refractivity contribution in [1.82, 2.24) is 20.6 Å². The van der Waals surface area contributed by atoms with E-state index < -0.39 is 5.91 Å². The number of halogens is 1. The van der Waals surface area contributed by atoms with Gasteiger partial charge in [-0.25, -0.2) is 4.68 Å². The first-order valence-corrected chi connectivity index (χ1v) is 9.29. The molecule has 0 atom stereocenters. The standard InChI is InChI=1S/C21H21ClN4O2/c1-14-19(15(2)26(25-14)18-6-4-3-5-7-18)12-13-20(27)23-24-21(28)16-8-10-17(22)11-9-16/h3-11H,12-13H2,1-2H3,(H,23,27)(H,24,28). The Labute approximate surface area is 168 Å². The van der Waals surface area contributed by atoms with Gasteiger partial charge in [-0.05, 0) is 62.2 Å². The van der Waals surface area contributed by atoms with Crippen LogP contribution < -0.4 is 10.9 Å². The number of nitrogens with zero attached hydrogens (tertiary/aromatic N) is 2. The largest absolute Gasteiger partial charge is 0.273 e. The summed E-state index contributed by atoms with van der Waals surface area (Å²) in [5.41, 5.74) is 9.18. The Balaban J connectivity index is 1.57. The van der Waals surface area contributed by atoms with Crippen LogP contribution >= 0.6 is 11.6 Å². The Morgan fingerprint density at radius 3 is 2.36 bits per heavy atom. The van der Waals surface area contributed by atoms with Gasteiger partial charge in [-0.2, -0.15) is 5.10 Å². The van der Waals surface area contributed by atoms with Crippen LogP contribution in [0.1, 0.15) is 33.7 Å². The van der Waals surface area contributed by atoms with E-state index in [1.165, 1.54) is 0 Å².